The van der Waals surface area contributed by atoms with Crippen molar-refractivity contribution in [3.8, 4) is 0 Å². The Bertz CT molecular complexity index is 1340. The highest BCUT2D eigenvalue weighted by atomic mass is 16.8. The van der Waals surface area contributed by atoms with Gasteiger partial charge in [-0.25, -0.2) is 9.59 Å². The molecule has 4 aliphatic heterocycles. The van der Waals surface area contributed by atoms with Gasteiger partial charge in [0, 0.05) is 5.92 Å². The summed E-state index contributed by atoms with van der Waals surface area (Å²) in [7, 11) is 0. The lowest BCUT2D eigenvalue weighted by Crippen LogP contribution is -2.66. The third kappa shape index (κ3) is 2.22. The predicted molar refractivity (Wildman–Crippen MR) is 126 cm³/mol. The minimum Gasteiger partial charge on any atom is -0.456 e. The largest absolute Gasteiger partial charge is 0.456 e. The van der Waals surface area contributed by atoms with E-state index in [2.05, 4.69) is 0 Å². The summed E-state index contributed by atoms with van der Waals surface area (Å²) in [5.41, 5.74) is -8.46. The summed E-state index contributed by atoms with van der Waals surface area (Å²) < 4.78 is 29.7. The van der Waals surface area contributed by atoms with E-state index in [0.29, 0.717) is 0 Å². The van der Waals surface area contributed by atoms with Gasteiger partial charge in [0.2, 0.25) is 11.9 Å². The van der Waals surface area contributed by atoms with Crippen molar-refractivity contribution in [1.29, 1.82) is 0 Å². The molecular formula is C28H30O11. The number of hydrogen-bond donors (Lipinski definition) is 2. The third-order valence-corrected chi connectivity index (χ3v) is 10.6. The van der Waals surface area contributed by atoms with Crippen LogP contribution in [0, 0.1) is 34.0 Å². The van der Waals surface area contributed by atoms with Gasteiger partial charge in [-0.15, -0.1) is 0 Å². The molecule has 2 spiro atoms. The first kappa shape index (κ1) is 25.0. The fraction of sp³-hybridized carbons (Fsp3) is 0.643. The average molecular weight is 543 g/mol. The number of benzene rings is 1. The fourth-order valence-electron chi connectivity index (χ4n) is 9.46. The van der Waals surface area contributed by atoms with Gasteiger partial charge in [-0.1, -0.05) is 45.9 Å². The molecule has 2 saturated carbocycles. The second-order valence-electron chi connectivity index (χ2n) is 12.8. The van der Waals surface area contributed by atoms with Gasteiger partial charge >= 0.3 is 23.9 Å². The Labute approximate surface area is 223 Å². The zero-order chi connectivity index (χ0) is 28.1. The highest BCUT2D eigenvalue weighted by Gasteiger charge is 3.05. The molecule has 2 aliphatic carbocycles. The molecule has 11 nitrogen and oxygen atoms in total. The van der Waals surface area contributed by atoms with E-state index < -0.39 is 99.8 Å². The van der Waals surface area contributed by atoms with Gasteiger partial charge in [-0.3, -0.25) is 9.59 Å². The maximum absolute atomic E-state index is 14.0. The molecule has 1 aromatic carbocycles. The van der Waals surface area contributed by atoms with Gasteiger partial charge in [0.1, 0.15) is 12.2 Å². The second kappa shape index (κ2) is 7.00. The molecule has 6 fully saturated rings. The Balaban J connectivity index is 1.52. The topological polar surface area (TPSA) is 155 Å². The van der Waals surface area contributed by atoms with E-state index in [0.717, 1.165) is 0 Å². The highest BCUT2D eigenvalue weighted by Crippen LogP contribution is 2.85. The minimum atomic E-state index is -2.33. The van der Waals surface area contributed by atoms with Crippen molar-refractivity contribution in [2.75, 3.05) is 0 Å². The van der Waals surface area contributed by atoms with Crippen LogP contribution in [0.25, 0.3) is 0 Å². The minimum absolute atomic E-state index is 0.262. The molecule has 4 saturated heterocycles. The number of ether oxygens (including phenoxy) is 5. The number of carbonyl (C=O) groups excluding carboxylic acids is 4. The van der Waals surface area contributed by atoms with Gasteiger partial charge in [-0.05, 0) is 24.5 Å². The van der Waals surface area contributed by atoms with Crippen molar-refractivity contribution in [3.05, 3.63) is 35.9 Å². The molecule has 39 heavy (non-hydrogen) atoms. The van der Waals surface area contributed by atoms with Crippen LogP contribution in [0.1, 0.15) is 45.0 Å². The van der Waals surface area contributed by atoms with Crippen molar-refractivity contribution in [2.45, 2.75) is 76.5 Å². The lowest BCUT2D eigenvalue weighted by atomic mass is 9.49. The molecule has 0 radical (unpaired) electrons. The quantitative estimate of drug-likeness (QED) is 0.402. The number of carbonyl (C=O) groups is 4. The Morgan fingerprint density at radius 3 is 2.23 bits per heavy atom. The van der Waals surface area contributed by atoms with E-state index in [-0.39, 0.29) is 5.56 Å². The molecule has 12 atom stereocenters. The SMILES string of the molecule is C[C@@H]1C(=O)O[C@H]2[C@H](O)C34C5OC(=O)[C@@]3(OC3OC(=O)[C@H](C)C34[C@H](C(C)(C)C)C5OC(=O)c3ccccc3)[C@@]12O. The monoisotopic (exact) mass is 542 g/mol. The molecule has 0 amide bonds. The summed E-state index contributed by atoms with van der Waals surface area (Å²) in [6.45, 7) is 8.69. The Hall–Kier alpha value is -3.02. The van der Waals surface area contributed by atoms with Crippen LogP contribution >= 0.6 is 0 Å². The Morgan fingerprint density at radius 1 is 0.949 bits per heavy atom. The first-order chi connectivity index (χ1) is 18.2. The smallest absolute Gasteiger partial charge is 0.343 e. The van der Waals surface area contributed by atoms with Crippen LogP contribution in [0.3, 0.4) is 0 Å². The van der Waals surface area contributed by atoms with E-state index in [4.69, 9.17) is 23.7 Å². The zero-order valence-corrected chi connectivity index (χ0v) is 22.1. The van der Waals surface area contributed by atoms with E-state index in [1.54, 1.807) is 37.3 Å². The normalized spacial score (nSPS) is 50.6. The molecule has 0 aromatic heterocycles. The number of esters is 4. The predicted octanol–water partition coefficient (Wildman–Crippen LogP) is 0.741. The van der Waals surface area contributed by atoms with Crippen molar-refractivity contribution < 1.29 is 53.1 Å². The van der Waals surface area contributed by atoms with Gasteiger partial charge in [0.05, 0.1) is 28.2 Å². The van der Waals surface area contributed by atoms with Gasteiger partial charge < -0.3 is 33.9 Å². The van der Waals surface area contributed by atoms with Crippen molar-refractivity contribution >= 4 is 23.9 Å². The maximum Gasteiger partial charge on any atom is 0.343 e. The number of aliphatic hydroxyl groups is 2. The summed E-state index contributed by atoms with van der Waals surface area (Å²) in [6.07, 6.45) is -7.13. The van der Waals surface area contributed by atoms with Crippen molar-refractivity contribution in [1.82, 2.24) is 0 Å². The van der Waals surface area contributed by atoms with Crippen LogP contribution < -0.4 is 0 Å². The molecule has 6 aliphatic rings. The van der Waals surface area contributed by atoms with Crippen LogP contribution in [0.2, 0.25) is 0 Å². The van der Waals surface area contributed by atoms with Crippen LogP contribution in [0.4, 0.5) is 0 Å². The molecule has 7 rings (SSSR count). The molecule has 2 N–H and O–H groups in total. The molecular weight excluding hydrogens is 512 g/mol. The van der Waals surface area contributed by atoms with Crippen LogP contribution in [-0.4, -0.2) is 76.0 Å². The zero-order valence-electron chi connectivity index (χ0n) is 22.1. The maximum atomic E-state index is 14.0. The highest BCUT2D eigenvalue weighted by molar-refractivity contribution is 5.94. The molecule has 1 aromatic rings. The molecule has 0 bridgehead atoms. The summed E-state index contributed by atoms with van der Waals surface area (Å²) in [5, 5.41) is 24.4. The van der Waals surface area contributed by atoms with E-state index in [9.17, 15) is 29.4 Å². The van der Waals surface area contributed by atoms with Gasteiger partial charge in [0.15, 0.2) is 17.8 Å². The van der Waals surface area contributed by atoms with Gasteiger partial charge in [0.25, 0.3) is 0 Å². The lowest BCUT2D eigenvalue weighted by molar-refractivity contribution is -0.240. The standard InChI is InChI=1S/C28H30O11/c1-11-19(30)38-23-25(11)15(24(3,4)5)14(35-21(32)13-9-7-6-8-10-13)17-26(25)16(29)18-27(34,12(2)20(31)36-18)28(26,39-23)22(33)37-17/h6-12,14-18,23,29,34H,1-5H3/t11-,12+,14?,15-,16-,17?,18-,23?,25?,26?,27+,28-/m0/s1. The molecule has 208 valence electrons. The summed E-state index contributed by atoms with van der Waals surface area (Å²) in [6, 6.07) is 8.29. The third-order valence-electron chi connectivity index (χ3n) is 10.6. The van der Waals surface area contributed by atoms with Crippen LogP contribution in [-0.2, 0) is 38.1 Å². The lowest BCUT2D eigenvalue weighted by Gasteiger charge is -2.48. The van der Waals surface area contributed by atoms with Gasteiger partial charge in [-0.2, -0.15) is 0 Å². The van der Waals surface area contributed by atoms with Crippen LogP contribution in [0.15, 0.2) is 30.3 Å². The van der Waals surface area contributed by atoms with Crippen LogP contribution in [0.5, 0.6) is 0 Å². The number of aliphatic hydroxyl groups excluding tert-OH is 1. The Morgan fingerprint density at radius 2 is 1.59 bits per heavy atom. The van der Waals surface area contributed by atoms with E-state index >= 15 is 0 Å². The van der Waals surface area contributed by atoms with Crippen molar-refractivity contribution in [3.63, 3.8) is 0 Å². The second-order valence-corrected chi connectivity index (χ2v) is 12.8. The first-order valence-electron chi connectivity index (χ1n) is 13.2. The summed E-state index contributed by atoms with van der Waals surface area (Å²) in [4.78, 5) is 53.4. The molecule has 5 unspecified atom stereocenters. The Kier molecular flexibility index (Phi) is 4.48. The number of rotatable bonds is 2. The fourth-order valence-corrected chi connectivity index (χ4v) is 9.46. The first-order valence-corrected chi connectivity index (χ1v) is 13.2. The molecule has 11 heteroatoms. The average Bonchev–Trinajstić information content (AvgIpc) is 3.58. The number of hydrogen-bond acceptors (Lipinski definition) is 11. The van der Waals surface area contributed by atoms with Crippen molar-refractivity contribution in [2.24, 2.45) is 34.0 Å². The summed E-state index contributed by atoms with van der Waals surface area (Å²) >= 11 is 0. The van der Waals surface area contributed by atoms with E-state index in [1.165, 1.54) is 6.92 Å². The molecule has 4 heterocycles. The number of fused-ring (bicyclic) bond motifs is 1. The summed E-state index contributed by atoms with van der Waals surface area (Å²) in [5.74, 6) is -6.12. The van der Waals surface area contributed by atoms with E-state index in [1.807, 2.05) is 20.8 Å².